The van der Waals surface area contributed by atoms with Gasteiger partial charge in [-0.05, 0) is 102 Å². The van der Waals surface area contributed by atoms with Gasteiger partial charge in [-0.15, -0.1) is 0 Å². The van der Waals surface area contributed by atoms with E-state index >= 15 is 0 Å². The summed E-state index contributed by atoms with van der Waals surface area (Å²) < 4.78 is 0. The van der Waals surface area contributed by atoms with E-state index in [1.54, 1.807) is 5.57 Å². The molecule has 3 aliphatic rings. The maximum absolute atomic E-state index is 9.91. The van der Waals surface area contributed by atoms with Gasteiger partial charge in [0.15, 0.2) is 0 Å². The van der Waals surface area contributed by atoms with E-state index in [4.69, 9.17) is 0 Å². The predicted molar refractivity (Wildman–Crippen MR) is 113 cm³/mol. The second-order valence-corrected chi connectivity index (χ2v) is 10.2. The molecule has 2 N–H and O–H groups in total. The Kier molecular flexibility index (Phi) is 6.69. The van der Waals surface area contributed by atoms with Crippen LogP contribution in [-0.2, 0) is 0 Å². The zero-order valence-electron chi connectivity index (χ0n) is 17.7. The predicted octanol–water partition coefficient (Wildman–Crippen LogP) is 6.10. The van der Waals surface area contributed by atoms with Gasteiger partial charge in [0.05, 0.1) is 11.7 Å². The van der Waals surface area contributed by atoms with Crippen LogP contribution >= 0.6 is 0 Å². The van der Waals surface area contributed by atoms with E-state index in [2.05, 4.69) is 31.2 Å². The van der Waals surface area contributed by atoms with E-state index < -0.39 is 5.60 Å². The van der Waals surface area contributed by atoms with E-state index in [1.807, 2.05) is 13.8 Å². The number of hydrogen-bond acceptors (Lipinski definition) is 2. The summed E-state index contributed by atoms with van der Waals surface area (Å²) in [4.78, 5) is 0. The van der Waals surface area contributed by atoms with Crippen molar-refractivity contribution in [1.29, 1.82) is 0 Å². The van der Waals surface area contributed by atoms with E-state index in [1.165, 1.54) is 37.7 Å². The van der Waals surface area contributed by atoms with Crippen LogP contribution in [0.3, 0.4) is 0 Å². The Morgan fingerprint density at radius 1 is 1.07 bits per heavy atom. The third-order valence-corrected chi connectivity index (χ3v) is 7.43. The van der Waals surface area contributed by atoms with Crippen molar-refractivity contribution in [3.05, 3.63) is 35.5 Å². The molecule has 4 atom stereocenters. The lowest BCUT2D eigenvalue weighted by molar-refractivity contribution is 0.0837. The van der Waals surface area contributed by atoms with Crippen molar-refractivity contribution in [1.82, 2.24) is 0 Å². The molecular formula is C25H40O2. The highest BCUT2D eigenvalue weighted by molar-refractivity contribution is 5.25. The Hall–Kier alpha value is -0.860. The minimum Gasteiger partial charge on any atom is -0.393 e. The van der Waals surface area contributed by atoms with Crippen LogP contribution in [-0.4, -0.2) is 21.9 Å². The first-order chi connectivity index (χ1) is 12.8. The molecule has 152 valence electrons. The number of aliphatic hydroxyl groups excluding tert-OH is 1. The average molecular weight is 373 g/mol. The van der Waals surface area contributed by atoms with Gasteiger partial charge in [0, 0.05) is 0 Å². The quantitative estimate of drug-likeness (QED) is 0.573. The lowest BCUT2D eigenvalue weighted by atomic mass is 9.63. The second kappa shape index (κ2) is 8.66. The summed E-state index contributed by atoms with van der Waals surface area (Å²) in [5, 5.41) is 19.8. The summed E-state index contributed by atoms with van der Waals surface area (Å²) in [5.41, 5.74) is 2.95. The van der Waals surface area contributed by atoms with Gasteiger partial charge in [-0.25, -0.2) is 0 Å². The van der Waals surface area contributed by atoms with Crippen molar-refractivity contribution < 1.29 is 10.2 Å². The normalized spacial score (nSPS) is 38.0. The molecule has 0 saturated heterocycles. The lowest BCUT2D eigenvalue weighted by Gasteiger charge is -2.42. The Balaban J connectivity index is 1.64. The van der Waals surface area contributed by atoms with Crippen LogP contribution in [0.5, 0.6) is 0 Å². The van der Waals surface area contributed by atoms with E-state index in [9.17, 15) is 10.2 Å². The van der Waals surface area contributed by atoms with Gasteiger partial charge in [0.25, 0.3) is 0 Å². The van der Waals surface area contributed by atoms with Gasteiger partial charge in [-0.1, -0.05) is 42.4 Å². The molecule has 0 aromatic heterocycles. The fourth-order valence-corrected chi connectivity index (χ4v) is 5.81. The monoisotopic (exact) mass is 372 g/mol. The molecule has 0 bridgehead atoms. The van der Waals surface area contributed by atoms with Crippen LogP contribution in [0.15, 0.2) is 35.5 Å². The molecule has 0 aromatic carbocycles. The van der Waals surface area contributed by atoms with Crippen LogP contribution in [0, 0.1) is 17.3 Å². The smallest absolute Gasteiger partial charge is 0.0626 e. The van der Waals surface area contributed by atoms with Crippen LogP contribution < -0.4 is 0 Å². The topological polar surface area (TPSA) is 40.5 Å². The van der Waals surface area contributed by atoms with Crippen molar-refractivity contribution in [3.63, 3.8) is 0 Å². The molecule has 2 heteroatoms. The van der Waals surface area contributed by atoms with Gasteiger partial charge in [-0.2, -0.15) is 0 Å². The first kappa shape index (κ1) is 20.9. The number of aliphatic hydroxyl groups is 2. The summed E-state index contributed by atoms with van der Waals surface area (Å²) in [6.45, 7) is 6.29. The Morgan fingerprint density at radius 3 is 2.63 bits per heavy atom. The minimum atomic E-state index is -0.598. The maximum Gasteiger partial charge on any atom is 0.0626 e. The molecule has 0 aromatic rings. The molecule has 0 radical (unpaired) electrons. The second-order valence-electron chi connectivity index (χ2n) is 10.2. The average Bonchev–Trinajstić information content (AvgIpc) is 2.93. The zero-order chi connectivity index (χ0) is 19.5. The Bertz CT molecular complexity index is 592. The van der Waals surface area contributed by atoms with Crippen molar-refractivity contribution in [2.45, 2.75) is 103 Å². The highest BCUT2D eigenvalue weighted by atomic mass is 16.3. The van der Waals surface area contributed by atoms with Gasteiger partial charge in [0.2, 0.25) is 0 Å². The largest absolute Gasteiger partial charge is 0.393 e. The summed E-state index contributed by atoms with van der Waals surface area (Å²) in [6, 6.07) is 0. The molecular weight excluding hydrogens is 332 g/mol. The molecule has 3 aliphatic carbocycles. The summed E-state index contributed by atoms with van der Waals surface area (Å²) in [6.07, 6.45) is 21.8. The third kappa shape index (κ3) is 5.35. The number of hydrogen-bond donors (Lipinski definition) is 2. The lowest BCUT2D eigenvalue weighted by Crippen LogP contribution is -2.33. The third-order valence-electron chi connectivity index (χ3n) is 7.43. The first-order valence-electron chi connectivity index (χ1n) is 11.2. The van der Waals surface area contributed by atoms with Gasteiger partial charge in [0.1, 0.15) is 0 Å². The number of allylic oxidation sites excluding steroid dienone is 4. The van der Waals surface area contributed by atoms with Crippen molar-refractivity contribution in [3.8, 4) is 0 Å². The maximum atomic E-state index is 9.91. The molecule has 0 aliphatic heterocycles. The highest BCUT2D eigenvalue weighted by Crippen LogP contribution is 2.58. The molecule has 3 rings (SSSR count). The molecule has 0 heterocycles. The van der Waals surface area contributed by atoms with Crippen molar-refractivity contribution in [2.24, 2.45) is 17.3 Å². The molecule has 0 spiro atoms. The standard InChI is InChI=1S/C25H40O2/c1-24(2,27)16-5-4-10-21-14-15-23-20(9-7-17-25(21,23)3)13-12-19-8-6-11-22(26)18-19/h4-5,12-13,21-23,26-27H,6-11,14-18H2,1-3H3/b5-4+,19-12+,20-13+. The van der Waals surface area contributed by atoms with Gasteiger partial charge < -0.3 is 10.2 Å². The van der Waals surface area contributed by atoms with Gasteiger partial charge in [-0.3, -0.25) is 0 Å². The zero-order valence-corrected chi connectivity index (χ0v) is 17.7. The Morgan fingerprint density at radius 2 is 1.89 bits per heavy atom. The molecule has 3 saturated carbocycles. The molecule has 27 heavy (non-hydrogen) atoms. The van der Waals surface area contributed by atoms with Crippen LogP contribution in [0.4, 0.5) is 0 Å². The fraction of sp³-hybridized carbons (Fsp3) is 0.760. The van der Waals surface area contributed by atoms with Crippen LogP contribution in [0.2, 0.25) is 0 Å². The fourth-order valence-electron chi connectivity index (χ4n) is 5.81. The van der Waals surface area contributed by atoms with Crippen LogP contribution in [0.1, 0.15) is 91.4 Å². The number of rotatable bonds is 5. The minimum absolute atomic E-state index is 0.119. The highest BCUT2D eigenvalue weighted by Gasteiger charge is 2.48. The molecule has 2 nitrogen and oxygen atoms in total. The SMILES string of the molecule is CC(C)(O)C/C=C/CC1CCC2/C(=C/C=C3\CCCC(O)C3)CCCC12C. The number of fused-ring (bicyclic) bond motifs is 1. The van der Waals surface area contributed by atoms with Gasteiger partial charge >= 0.3 is 0 Å². The van der Waals surface area contributed by atoms with Crippen molar-refractivity contribution >= 4 is 0 Å². The van der Waals surface area contributed by atoms with E-state index in [0.29, 0.717) is 5.41 Å². The summed E-state index contributed by atoms with van der Waals surface area (Å²) in [7, 11) is 0. The molecule has 4 unspecified atom stereocenters. The molecule has 3 fully saturated rings. The molecule has 0 amide bonds. The Labute approximate surface area is 166 Å². The van der Waals surface area contributed by atoms with Crippen molar-refractivity contribution in [2.75, 3.05) is 0 Å². The summed E-state index contributed by atoms with van der Waals surface area (Å²) in [5.74, 6) is 1.51. The van der Waals surface area contributed by atoms with E-state index in [-0.39, 0.29) is 6.10 Å². The van der Waals surface area contributed by atoms with E-state index in [0.717, 1.165) is 50.4 Å². The van der Waals surface area contributed by atoms with Crippen LogP contribution in [0.25, 0.3) is 0 Å². The summed E-state index contributed by atoms with van der Waals surface area (Å²) >= 11 is 0. The first-order valence-corrected chi connectivity index (χ1v) is 11.2.